The van der Waals surface area contributed by atoms with Gasteiger partial charge in [0.25, 0.3) is 0 Å². The first-order valence-corrected chi connectivity index (χ1v) is 7.95. The molecule has 1 N–H and O–H groups in total. The molecule has 0 spiro atoms. The van der Waals surface area contributed by atoms with Gasteiger partial charge in [0.1, 0.15) is 0 Å². The van der Waals surface area contributed by atoms with E-state index in [1.807, 2.05) is 30.8 Å². The number of aromatic nitrogens is 5. The van der Waals surface area contributed by atoms with Crippen molar-refractivity contribution in [2.75, 3.05) is 11.6 Å². The quantitative estimate of drug-likeness (QED) is 0.730. The molecule has 0 aliphatic heterocycles. The number of pyridine rings is 1. The summed E-state index contributed by atoms with van der Waals surface area (Å²) in [5.74, 6) is 0.702. The first-order valence-electron chi connectivity index (χ1n) is 6.73. The fraction of sp³-hybridized carbons (Fsp3) is 0.286. The van der Waals surface area contributed by atoms with Gasteiger partial charge in [0.2, 0.25) is 5.95 Å². The first kappa shape index (κ1) is 13.8. The van der Waals surface area contributed by atoms with Gasteiger partial charge in [-0.15, -0.1) is 0 Å². The van der Waals surface area contributed by atoms with Crippen LogP contribution < -0.4 is 5.32 Å². The van der Waals surface area contributed by atoms with Crippen LogP contribution in [0.3, 0.4) is 0 Å². The standard InChI is InChI=1S/C14H16N6S/c1-3-11-9-17-20-12(11)18-14(21-2)19-13(20)16-8-10-5-4-6-15-7-10/h4-7,9H,3,8H2,1-2H3,(H,16,18,19). The lowest BCUT2D eigenvalue weighted by atomic mass is 10.3. The number of aryl methyl sites for hydroxylation is 1. The monoisotopic (exact) mass is 300 g/mol. The van der Waals surface area contributed by atoms with E-state index in [4.69, 9.17) is 0 Å². The summed E-state index contributed by atoms with van der Waals surface area (Å²) in [6, 6.07) is 3.94. The van der Waals surface area contributed by atoms with Gasteiger partial charge in [0.05, 0.1) is 6.20 Å². The molecule has 3 aromatic heterocycles. The van der Waals surface area contributed by atoms with E-state index < -0.39 is 0 Å². The molecule has 0 bridgehead atoms. The van der Waals surface area contributed by atoms with Crippen molar-refractivity contribution in [1.29, 1.82) is 0 Å². The molecule has 0 aliphatic rings. The third-order valence-corrected chi connectivity index (χ3v) is 3.71. The number of hydrogen-bond acceptors (Lipinski definition) is 6. The maximum atomic E-state index is 4.54. The minimum Gasteiger partial charge on any atom is -0.350 e. The van der Waals surface area contributed by atoms with Crippen molar-refractivity contribution in [1.82, 2.24) is 24.6 Å². The van der Waals surface area contributed by atoms with Crippen molar-refractivity contribution < 1.29 is 0 Å². The fourth-order valence-electron chi connectivity index (χ4n) is 2.04. The van der Waals surface area contributed by atoms with Crippen molar-refractivity contribution in [3.05, 3.63) is 41.9 Å². The van der Waals surface area contributed by atoms with E-state index in [1.54, 1.807) is 10.7 Å². The zero-order valence-electron chi connectivity index (χ0n) is 11.9. The predicted molar refractivity (Wildman–Crippen MR) is 83.5 cm³/mol. The number of hydrogen-bond donors (Lipinski definition) is 1. The van der Waals surface area contributed by atoms with Gasteiger partial charge in [-0.25, -0.2) is 4.98 Å². The zero-order valence-corrected chi connectivity index (χ0v) is 12.8. The Balaban J connectivity index is 1.95. The van der Waals surface area contributed by atoms with E-state index in [9.17, 15) is 0 Å². The molecule has 3 heterocycles. The van der Waals surface area contributed by atoms with Crippen LogP contribution in [0.15, 0.2) is 35.9 Å². The largest absolute Gasteiger partial charge is 0.350 e. The summed E-state index contributed by atoms with van der Waals surface area (Å²) in [7, 11) is 0. The number of anilines is 1. The highest BCUT2D eigenvalue weighted by molar-refractivity contribution is 7.98. The van der Waals surface area contributed by atoms with E-state index in [2.05, 4.69) is 32.3 Å². The van der Waals surface area contributed by atoms with Crippen molar-refractivity contribution in [2.24, 2.45) is 0 Å². The third-order valence-electron chi connectivity index (χ3n) is 3.16. The third kappa shape index (κ3) is 2.82. The summed E-state index contributed by atoms with van der Waals surface area (Å²) in [4.78, 5) is 13.2. The van der Waals surface area contributed by atoms with Crippen molar-refractivity contribution >= 4 is 23.4 Å². The highest BCUT2D eigenvalue weighted by Gasteiger charge is 2.11. The Morgan fingerprint density at radius 1 is 1.29 bits per heavy atom. The molecular weight excluding hydrogens is 284 g/mol. The summed E-state index contributed by atoms with van der Waals surface area (Å²) in [5.41, 5.74) is 3.08. The molecule has 3 rings (SSSR count). The van der Waals surface area contributed by atoms with Crippen LogP contribution in [0.2, 0.25) is 0 Å². The number of nitrogens with zero attached hydrogens (tertiary/aromatic N) is 5. The summed E-state index contributed by atoms with van der Waals surface area (Å²) in [6.07, 6.45) is 8.32. The van der Waals surface area contributed by atoms with Gasteiger partial charge in [-0.2, -0.15) is 14.6 Å². The number of rotatable bonds is 5. The van der Waals surface area contributed by atoms with Gasteiger partial charge in [-0.1, -0.05) is 24.8 Å². The summed E-state index contributed by atoms with van der Waals surface area (Å²) in [5, 5.41) is 8.44. The minimum atomic E-state index is 0.648. The van der Waals surface area contributed by atoms with Crippen molar-refractivity contribution in [2.45, 2.75) is 25.0 Å². The molecule has 0 fully saturated rings. The number of nitrogens with one attached hydrogen (secondary N) is 1. The van der Waals surface area contributed by atoms with Crippen molar-refractivity contribution in [3.63, 3.8) is 0 Å². The molecule has 108 valence electrons. The van der Waals surface area contributed by atoms with Crippen LogP contribution in [-0.2, 0) is 13.0 Å². The molecule has 0 radical (unpaired) electrons. The Hall–Kier alpha value is -2.15. The highest BCUT2D eigenvalue weighted by Crippen LogP contribution is 2.18. The van der Waals surface area contributed by atoms with Gasteiger partial charge in [0, 0.05) is 24.5 Å². The lowest BCUT2D eigenvalue weighted by molar-refractivity contribution is 0.829. The van der Waals surface area contributed by atoms with Gasteiger partial charge < -0.3 is 5.32 Å². The maximum Gasteiger partial charge on any atom is 0.228 e. The second-order valence-corrected chi connectivity index (χ2v) is 5.28. The van der Waals surface area contributed by atoms with E-state index >= 15 is 0 Å². The molecule has 0 saturated carbocycles. The number of thioether (sulfide) groups is 1. The Morgan fingerprint density at radius 3 is 2.90 bits per heavy atom. The lowest BCUT2D eigenvalue weighted by Crippen LogP contribution is -2.09. The van der Waals surface area contributed by atoms with Crippen molar-refractivity contribution in [3.8, 4) is 0 Å². The summed E-state index contributed by atoms with van der Waals surface area (Å²) in [6.45, 7) is 2.75. The summed E-state index contributed by atoms with van der Waals surface area (Å²) < 4.78 is 1.76. The average molecular weight is 300 g/mol. The van der Waals surface area contributed by atoms with E-state index in [0.29, 0.717) is 12.5 Å². The van der Waals surface area contributed by atoms with Gasteiger partial charge >= 0.3 is 0 Å². The van der Waals surface area contributed by atoms with Crippen LogP contribution in [-0.4, -0.2) is 30.8 Å². The smallest absolute Gasteiger partial charge is 0.228 e. The van der Waals surface area contributed by atoms with Gasteiger partial charge in [0.15, 0.2) is 10.8 Å². The van der Waals surface area contributed by atoms with Crippen LogP contribution in [0, 0.1) is 0 Å². The Morgan fingerprint density at radius 2 is 2.19 bits per heavy atom. The van der Waals surface area contributed by atoms with E-state index in [1.165, 1.54) is 11.8 Å². The molecular formula is C14H16N6S. The highest BCUT2D eigenvalue weighted by atomic mass is 32.2. The Labute approximate surface area is 127 Å². The molecule has 6 nitrogen and oxygen atoms in total. The van der Waals surface area contributed by atoms with E-state index in [0.717, 1.165) is 28.4 Å². The zero-order chi connectivity index (χ0) is 14.7. The summed E-state index contributed by atoms with van der Waals surface area (Å²) >= 11 is 1.53. The Bertz CT molecular complexity index is 740. The second kappa shape index (κ2) is 6.09. The van der Waals surface area contributed by atoms with Crippen LogP contribution in [0.4, 0.5) is 5.95 Å². The molecule has 0 aliphatic carbocycles. The van der Waals surface area contributed by atoms with Crippen LogP contribution in [0.25, 0.3) is 5.65 Å². The maximum absolute atomic E-state index is 4.54. The molecule has 0 unspecified atom stereocenters. The molecule has 3 aromatic rings. The predicted octanol–water partition coefficient (Wildman–Crippen LogP) is 2.42. The molecule has 0 aromatic carbocycles. The first-order chi connectivity index (χ1) is 10.3. The van der Waals surface area contributed by atoms with Crippen LogP contribution in [0.1, 0.15) is 18.1 Å². The molecule has 21 heavy (non-hydrogen) atoms. The Kier molecular flexibility index (Phi) is 4.01. The fourth-order valence-corrected chi connectivity index (χ4v) is 2.40. The molecule has 0 atom stereocenters. The normalized spacial score (nSPS) is 11.0. The molecule has 7 heteroatoms. The van der Waals surface area contributed by atoms with Crippen LogP contribution in [0.5, 0.6) is 0 Å². The topological polar surface area (TPSA) is 68.0 Å². The minimum absolute atomic E-state index is 0.648. The van der Waals surface area contributed by atoms with Gasteiger partial charge in [-0.05, 0) is 24.3 Å². The second-order valence-electron chi connectivity index (χ2n) is 4.51. The van der Waals surface area contributed by atoms with Crippen LogP contribution >= 0.6 is 11.8 Å². The molecule has 0 saturated heterocycles. The number of fused-ring (bicyclic) bond motifs is 1. The lowest BCUT2D eigenvalue weighted by Gasteiger charge is -2.08. The SMILES string of the molecule is CCc1cnn2c(NCc3cccnc3)nc(SC)nc12. The molecule has 0 amide bonds. The van der Waals surface area contributed by atoms with E-state index in [-0.39, 0.29) is 0 Å². The van der Waals surface area contributed by atoms with Gasteiger partial charge in [-0.3, -0.25) is 4.98 Å². The average Bonchev–Trinajstić information content (AvgIpc) is 2.96.